The number of nitrogens with one attached hydrogen (secondary N) is 3. The second-order valence-electron chi connectivity index (χ2n) is 7.97. The Morgan fingerprint density at radius 1 is 1.03 bits per heavy atom. The normalized spacial score (nSPS) is 14.3. The van der Waals surface area contributed by atoms with E-state index in [1.54, 1.807) is 0 Å². The van der Waals surface area contributed by atoms with Gasteiger partial charge in [-0.2, -0.15) is 5.10 Å². The average molecular weight is 477 g/mol. The first kappa shape index (κ1) is 24.5. The fraction of sp³-hybridized carbons (Fsp3) is 0.417. The molecule has 0 radical (unpaired) electrons. The highest BCUT2D eigenvalue weighted by Crippen LogP contribution is 2.30. The highest BCUT2D eigenvalue weighted by atomic mass is 35.5. The number of hydrogen-bond acceptors (Lipinski definition) is 5. The molecular weight excluding hydrogens is 447 g/mol. The number of fused-ring (bicyclic) bond motifs is 1. The molecule has 0 unspecified atom stereocenters. The second kappa shape index (κ2) is 12.2. The fourth-order valence-electron chi connectivity index (χ4n) is 4.00. The third kappa shape index (κ3) is 6.23. The van der Waals surface area contributed by atoms with Crippen molar-refractivity contribution in [3.05, 3.63) is 57.8 Å². The molecule has 8 heteroatoms. The summed E-state index contributed by atoms with van der Waals surface area (Å²) in [5.41, 5.74) is 2.36. The van der Waals surface area contributed by atoms with Gasteiger partial charge in [0.2, 0.25) is 0 Å². The van der Waals surface area contributed by atoms with Crippen LogP contribution in [0.1, 0.15) is 32.1 Å². The summed E-state index contributed by atoms with van der Waals surface area (Å²) in [6, 6.07) is 13.9. The van der Waals surface area contributed by atoms with E-state index < -0.39 is 0 Å². The van der Waals surface area contributed by atoms with Gasteiger partial charge in [0.1, 0.15) is 0 Å². The molecule has 0 bridgehead atoms. The van der Waals surface area contributed by atoms with Gasteiger partial charge in [0.05, 0.1) is 21.8 Å². The van der Waals surface area contributed by atoms with Crippen LogP contribution in [0.4, 0.5) is 5.69 Å². The summed E-state index contributed by atoms with van der Waals surface area (Å²) in [4.78, 5) is 12.1. The summed E-state index contributed by atoms with van der Waals surface area (Å²) in [5.74, 6) is 0. The Bertz CT molecular complexity index is 1070. The van der Waals surface area contributed by atoms with Crippen molar-refractivity contribution in [1.29, 1.82) is 0 Å². The van der Waals surface area contributed by atoms with E-state index in [-0.39, 0.29) is 18.0 Å². The monoisotopic (exact) mass is 476 g/mol. The molecule has 172 valence electrons. The fourth-order valence-corrected chi connectivity index (χ4v) is 4.18. The molecule has 2 heterocycles. The summed E-state index contributed by atoms with van der Waals surface area (Å²) < 4.78 is 5.40. The lowest BCUT2D eigenvalue weighted by Crippen LogP contribution is -2.35. The first-order valence-corrected chi connectivity index (χ1v) is 11.4. The molecule has 0 atom stereocenters. The standard InChI is InChI=1S/C24H29ClN4O2.ClH/c25-21-9-8-17(23-19-6-2-3-7-20(19)24(30)29-28-23)16-22(21)27-13-5-1-4-12-26-18-10-14-31-15-11-18;/h2-3,6-9,16,18,26-27H,1,4-5,10-15H2,(H,29,30);1H. The van der Waals surface area contributed by atoms with E-state index in [1.807, 2.05) is 42.5 Å². The Morgan fingerprint density at radius 3 is 2.59 bits per heavy atom. The molecule has 3 aromatic rings. The predicted octanol–water partition coefficient (Wildman–Crippen LogP) is 5.02. The molecular formula is C24H30Cl2N4O2. The molecule has 6 nitrogen and oxygen atoms in total. The lowest BCUT2D eigenvalue weighted by atomic mass is 10.0. The van der Waals surface area contributed by atoms with Crippen LogP contribution in [0.3, 0.4) is 0 Å². The molecule has 32 heavy (non-hydrogen) atoms. The first-order valence-electron chi connectivity index (χ1n) is 11.0. The number of aromatic amines is 1. The number of anilines is 1. The van der Waals surface area contributed by atoms with Gasteiger partial charge in [-0.15, -0.1) is 12.4 Å². The van der Waals surface area contributed by atoms with Crippen LogP contribution in [0.2, 0.25) is 5.02 Å². The van der Waals surface area contributed by atoms with E-state index in [0.29, 0.717) is 16.5 Å². The maximum atomic E-state index is 12.1. The number of hydrogen-bond donors (Lipinski definition) is 3. The van der Waals surface area contributed by atoms with Crippen LogP contribution in [-0.4, -0.2) is 42.5 Å². The number of aromatic nitrogens is 2. The van der Waals surface area contributed by atoms with Gasteiger partial charge < -0.3 is 15.4 Å². The lowest BCUT2D eigenvalue weighted by molar-refractivity contribution is 0.0780. The summed E-state index contributed by atoms with van der Waals surface area (Å²) in [5, 5.41) is 16.1. The zero-order valence-electron chi connectivity index (χ0n) is 18.0. The molecule has 1 aromatic heterocycles. The van der Waals surface area contributed by atoms with E-state index in [4.69, 9.17) is 16.3 Å². The molecule has 0 amide bonds. The Labute approximate surface area is 199 Å². The number of nitrogens with zero attached hydrogens (tertiary/aromatic N) is 1. The number of ether oxygens (including phenoxy) is 1. The predicted molar refractivity (Wildman–Crippen MR) is 134 cm³/mol. The SMILES string of the molecule is Cl.O=c1[nH]nc(-c2ccc(Cl)c(NCCCCCNC3CCOCC3)c2)c2ccccc12. The van der Waals surface area contributed by atoms with Gasteiger partial charge in [-0.1, -0.05) is 42.3 Å². The Morgan fingerprint density at radius 2 is 1.78 bits per heavy atom. The maximum Gasteiger partial charge on any atom is 0.272 e. The largest absolute Gasteiger partial charge is 0.384 e. The Kier molecular flexibility index (Phi) is 9.36. The van der Waals surface area contributed by atoms with Crippen molar-refractivity contribution < 1.29 is 4.74 Å². The van der Waals surface area contributed by atoms with Crippen LogP contribution in [0.15, 0.2) is 47.3 Å². The van der Waals surface area contributed by atoms with E-state index in [2.05, 4.69) is 20.8 Å². The number of unbranched alkanes of at least 4 members (excludes halogenated alkanes) is 2. The minimum atomic E-state index is -0.182. The van der Waals surface area contributed by atoms with Gasteiger partial charge in [-0.25, -0.2) is 5.10 Å². The molecule has 0 saturated carbocycles. The molecule has 1 fully saturated rings. The van der Waals surface area contributed by atoms with Crippen molar-refractivity contribution in [2.24, 2.45) is 0 Å². The number of benzene rings is 2. The van der Waals surface area contributed by atoms with Crippen molar-refractivity contribution >= 4 is 40.5 Å². The Balaban J connectivity index is 0.00000289. The van der Waals surface area contributed by atoms with Gasteiger partial charge in [0.15, 0.2) is 0 Å². The number of H-pyrrole nitrogens is 1. The van der Waals surface area contributed by atoms with Crippen LogP contribution in [0, 0.1) is 0 Å². The van der Waals surface area contributed by atoms with Gasteiger partial charge >= 0.3 is 0 Å². The molecule has 1 aliphatic rings. The van der Waals surface area contributed by atoms with Crippen LogP contribution in [0.5, 0.6) is 0 Å². The van der Waals surface area contributed by atoms with Gasteiger partial charge in [-0.3, -0.25) is 4.79 Å². The van der Waals surface area contributed by atoms with Crippen molar-refractivity contribution in [2.45, 2.75) is 38.1 Å². The maximum absolute atomic E-state index is 12.1. The third-order valence-electron chi connectivity index (χ3n) is 5.76. The van der Waals surface area contributed by atoms with Crippen molar-refractivity contribution in [3.8, 4) is 11.3 Å². The van der Waals surface area contributed by atoms with Crippen LogP contribution < -0.4 is 16.2 Å². The second-order valence-corrected chi connectivity index (χ2v) is 8.38. The van der Waals surface area contributed by atoms with Crippen molar-refractivity contribution in [3.63, 3.8) is 0 Å². The molecule has 2 aromatic carbocycles. The van der Waals surface area contributed by atoms with E-state index in [1.165, 1.54) is 6.42 Å². The number of rotatable bonds is 9. The van der Waals surface area contributed by atoms with Crippen LogP contribution >= 0.6 is 24.0 Å². The highest BCUT2D eigenvalue weighted by Gasteiger charge is 2.12. The number of halogens is 2. The molecule has 1 saturated heterocycles. The van der Waals surface area contributed by atoms with E-state index in [0.717, 1.165) is 74.3 Å². The molecule has 1 aliphatic heterocycles. The highest BCUT2D eigenvalue weighted by molar-refractivity contribution is 6.33. The molecule has 0 spiro atoms. The van der Waals surface area contributed by atoms with E-state index >= 15 is 0 Å². The zero-order chi connectivity index (χ0) is 21.5. The zero-order valence-corrected chi connectivity index (χ0v) is 19.6. The quantitative estimate of drug-likeness (QED) is 0.378. The molecule has 3 N–H and O–H groups in total. The summed E-state index contributed by atoms with van der Waals surface area (Å²) in [6.45, 7) is 3.68. The Hall–Kier alpha value is -2.12. The van der Waals surface area contributed by atoms with E-state index in [9.17, 15) is 4.79 Å². The third-order valence-corrected chi connectivity index (χ3v) is 6.09. The summed E-state index contributed by atoms with van der Waals surface area (Å²) in [6.07, 6.45) is 5.65. The molecule has 0 aliphatic carbocycles. The van der Waals surface area contributed by atoms with Crippen molar-refractivity contribution in [1.82, 2.24) is 15.5 Å². The smallest absolute Gasteiger partial charge is 0.272 e. The van der Waals surface area contributed by atoms with Gasteiger partial charge in [-0.05, 0) is 50.4 Å². The minimum Gasteiger partial charge on any atom is -0.384 e. The molecule has 4 rings (SSSR count). The van der Waals surface area contributed by atoms with Crippen molar-refractivity contribution in [2.75, 3.05) is 31.6 Å². The minimum absolute atomic E-state index is 0. The lowest BCUT2D eigenvalue weighted by Gasteiger charge is -2.23. The summed E-state index contributed by atoms with van der Waals surface area (Å²) >= 11 is 6.41. The van der Waals surface area contributed by atoms with Crippen LogP contribution in [0.25, 0.3) is 22.0 Å². The first-order chi connectivity index (χ1) is 15.2. The van der Waals surface area contributed by atoms with Gasteiger partial charge in [0.25, 0.3) is 5.56 Å². The summed E-state index contributed by atoms with van der Waals surface area (Å²) in [7, 11) is 0. The topological polar surface area (TPSA) is 79.0 Å². The van der Waals surface area contributed by atoms with Crippen LogP contribution in [-0.2, 0) is 4.74 Å². The van der Waals surface area contributed by atoms with Gasteiger partial charge in [0, 0.05) is 36.8 Å². The average Bonchev–Trinajstić information content (AvgIpc) is 2.81.